The maximum absolute atomic E-state index is 13.5. The van der Waals surface area contributed by atoms with E-state index in [-0.39, 0.29) is 29.6 Å². The second kappa shape index (κ2) is 9.92. The van der Waals surface area contributed by atoms with E-state index in [9.17, 15) is 14.1 Å². The fourth-order valence-electron chi connectivity index (χ4n) is 4.24. The third-order valence-corrected chi connectivity index (χ3v) is 7.22. The van der Waals surface area contributed by atoms with Gasteiger partial charge in [0.2, 0.25) is 5.62 Å². The predicted molar refractivity (Wildman–Crippen MR) is 140 cm³/mol. The van der Waals surface area contributed by atoms with Crippen LogP contribution in [0.1, 0.15) is 41.3 Å². The van der Waals surface area contributed by atoms with Crippen molar-refractivity contribution in [2.24, 2.45) is 0 Å². The fourth-order valence-corrected chi connectivity index (χ4v) is 4.65. The summed E-state index contributed by atoms with van der Waals surface area (Å²) >= 11 is 0. The number of nitrogens with one attached hydrogen (secondary N) is 1. The van der Waals surface area contributed by atoms with Crippen molar-refractivity contribution >= 4 is 33.5 Å². The summed E-state index contributed by atoms with van der Waals surface area (Å²) in [6.07, 6.45) is 1.52. The van der Waals surface area contributed by atoms with Crippen LogP contribution in [0.3, 0.4) is 0 Å². The number of imidazole rings is 1. The first-order valence-electron chi connectivity index (χ1n) is 11.4. The van der Waals surface area contributed by atoms with Crippen molar-refractivity contribution in [3.63, 3.8) is 0 Å². The molecular formula is C27H30N4O3S. The van der Waals surface area contributed by atoms with Gasteiger partial charge in [0.1, 0.15) is 16.7 Å². The van der Waals surface area contributed by atoms with Gasteiger partial charge in [-0.2, -0.15) is 0 Å². The second-order valence-corrected chi connectivity index (χ2v) is 10.3. The monoisotopic (exact) mass is 490 g/mol. The molecule has 1 atom stereocenters. The molecule has 1 unspecified atom stereocenters. The molecule has 2 N–H and O–H groups in total. The smallest absolute Gasteiger partial charge is 0.203 e. The van der Waals surface area contributed by atoms with E-state index >= 15 is 0 Å². The van der Waals surface area contributed by atoms with Crippen LogP contribution in [0, 0.1) is 5.41 Å². The summed E-state index contributed by atoms with van der Waals surface area (Å²) in [5.74, 6) is -0.195. The number of aromatic hydroxyl groups is 1. The van der Waals surface area contributed by atoms with E-state index in [2.05, 4.69) is 0 Å². The largest absolute Gasteiger partial charge is 0.505 e. The number of carbonyl (C=O) groups is 1. The van der Waals surface area contributed by atoms with Gasteiger partial charge < -0.3 is 14.2 Å². The van der Waals surface area contributed by atoms with Crippen LogP contribution < -0.4 is 9.92 Å². The van der Waals surface area contributed by atoms with Gasteiger partial charge in [0.15, 0.2) is 5.78 Å². The Kier molecular flexibility index (Phi) is 6.93. The normalized spacial score (nSPS) is 12.3. The van der Waals surface area contributed by atoms with Crippen molar-refractivity contribution in [3.8, 4) is 5.75 Å². The van der Waals surface area contributed by atoms with Gasteiger partial charge in [-0.3, -0.25) is 14.5 Å². The minimum atomic E-state index is -1.37. The highest BCUT2D eigenvalue weighted by atomic mass is 32.2. The molecule has 0 bridgehead atoms. The lowest BCUT2D eigenvalue weighted by Gasteiger charge is -2.21. The molecule has 0 aliphatic rings. The van der Waals surface area contributed by atoms with E-state index in [1.165, 1.54) is 10.6 Å². The average Bonchev–Trinajstić information content (AvgIpc) is 3.10. The first-order chi connectivity index (χ1) is 16.7. The van der Waals surface area contributed by atoms with Gasteiger partial charge in [0, 0.05) is 18.9 Å². The van der Waals surface area contributed by atoms with E-state index in [4.69, 9.17) is 5.41 Å². The van der Waals surface area contributed by atoms with Gasteiger partial charge in [-0.05, 0) is 41.3 Å². The molecule has 182 valence electrons. The summed E-state index contributed by atoms with van der Waals surface area (Å²) in [4.78, 5) is 13.5. The van der Waals surface area contributed by atoms with E-state index in [0.29, 0.717) is 23.4 Å². The quantitative estimate of drug-likeness (QED) is 0.358. The number of nitrogens with zero attached hydrogens (tertiary/aromatic N) is 3. The van der Waals surface area contributed by atoms with E-state index in [1.54, 1.807) is 23.7 Å². The number of Topliss-reactive ketones (excluding diaryl/α,β-unsaturated/α-hetero) is 1. The predicted octanol–water partition coefficient (Wildman–Crippen LogP) is 4.41. The van der Waals surface area contributed by atoms with Crippen LogP contribution in [-0.2, 0) is 24.1 Å². The average molecular weight is 491 g/mol. The number of anilines is 1. The maximum atomic E-state index is 13.5. The third kappa shape index (κ3) is 4.79. The summed E-state index contributed by atoms with van der Waals surface area (Å²) in [6, 6.07) is 20.9. The zero-order valence-corrected chi connectivity index (χ0v) is 21.2. The lowest BCUT2D eigenvalue weighted by Crippen LogP contribution is -2.28. The van der Waals surface area contributed by atoms with Gasteiger partial charge in [0.25, 0.3) is 0 Å². The second-order valence-electron chi connectivity index (χ2n) is 8.90. The molecule has 8 heteroatoms. The molecule has 1 heterocycles. The number of benzene rings is 3. The molecule has 4 rings (SSSR count). The van der Waals surface area contributed by atoms with E-state index in [0.717, 1.165) is 16.6 Å². The first kappa shape index (κ1) is 24.5. The molecule has 0 spiro atoms. The summed E-state index contributed by atoms with van der Waals surface area (Å²) in [6.45, 7) is 4.37. The van der Waals surface area contributed by atoms with Gasteiger partial charge in [-0.1, -0.05) is 56.3 Å². The van der Waals surface area contributed by atoms with Crippen molar-refractivity contribution in [1.82, 2.24) is 9.13 Å². The number of aromatic nitrogens is 2. The van der Waals surface area contributed by atoms with Gasteiger partial charge in [-0.15, -0.1) is 0 Å². The number of hydrogen-bond donors (Lipinski definition) is 2. The lowest BCUT2D eigenvalue weighted by molar-refractivity contribution is 0.0971. The molecule has 3 aromatic carbocycles. The Morgan fingerprint density at radius 2 is 1.63 bits per heavy atom. The summed E-state index contributed by atoms with van der Waals surface area (Å²) in [5, 5.41) is 19.7. The van der Waals surface area contributed by atoms with Crippen molar-refractivity contribution in [3.05, 3.63) is 89.0 Å². The Bertz CT molecular complexity index is 1470. The number of phenolic OH excluding ortho intramolecular Hbond substituents is 1. The highest BCUT2D eigenvalue weighted by molar-refractivity contribution is 7.85. The topological polar surface area (TPSA) is 91.3 Å². The minimum absolute atomic E-state index is 0.0260. The summed E-state index contributed by atoms with van der Waals surface area (Å²) < 4.78 is 17.2. The minimum Gasteiger partial charge on any atom is -0.505 e. The molecule has 0 radical (unpaired) electrons. The van der Waals surface area contributed by atoms with Crippen LogP contribution >= 0.6 is 0 Å². The molecule has 1 aromatic heterocycles. The standard InChI is InChI=1S/C27H30N4O3S/c1-18(2)21-14-20(15-24(26(21)33)29(3)35(4)34)25(32)17-31-23-13-9-8-12-22(23)30(27(31)28)16-19-10-6-5-7-11-19/h5-15,18,28,33H,16-17H2,1-4H3. The van der Waals surface area contributed by atoms with E-state index < -0.39 is 11.0 Å². The number of fused-ring (bicyclic) bond motifs is 1. The lowest BCUT2D eigenvalue weighted by atomic mass is 9.96. The molecule has 0 aliphatic heterocycles. The molecule has 0 fully saturated rings. The first-order valence-corrected chi connectivity index (χ1v) is 12.9. The third-order valence-electron chi connectivity index (χ3n) is 6.25. The Morgan fingerprint density at radius 3 is 2.23 bits per heavy atom. The van der Waals surface area contributed by atoms with E-state index in [1.807, 2.05) is 73.0 Å². The number of phenols is 1. The highest BCUT2D eigenvalue weighted by Gasteiger charge is 2.21. The van der Waals surface area contributed by atoms with Crippen LogP contribution in [0.25, 0.3) is 11.0 Å². The molecule has 4 aromatic rings. The van der Waals surface area contributed by atoms with Crippen molar-refractivity contribution < 1.29 is 14.1 Å². The van der Waals surface area contributed by atoms with Gasteiger partial charge in [-0.25, -0.2) is 4.21 Å². The molecule has 0 saturated carbocycles. The van der Waals surface area contributed by atoms with Crippen LogP contribution in [-0.4, -0.2) is 37.5 Å². The van der Waals surface area contributed by atoms with Gasteiger partial charge in [0.05, 0.1) is 29.8 Å². The fraction of sp³-hybridized carbons (Fsp3) is 0.259. The number of carbonyl (C=O) groups excluding carboxylic acids is 1. The molecule has 0 amide bonds. The van der Waals surface area contributed by atoms with Crippen LogP contribution in [0.2, 0.25) is 0 Å². The zero-order valence-electron chi connectivity index (χ0n) is 20.4. The summed E-state index contributed by atoms with van der Waals surface area (Å²) in [7, 11) is 0.255. The van der Waals surface area contributed by atoms with Crippen molar-refractivity contribution in [2.75, 3.05) is 17.6 Å². The number of ketones is 1. The van der Waals surface area contributed by atoms with Gasteiger partial charge >= 0.3 is 0 Å². The molecule has 7 nitrogen and oxygen atoms in total. The summed E-state index contributed by atoms with van der Waals surface area (Å²) in [5.41, 5.74) is 4.36. The van der Waals surface area contributed by atoms with Crippen LogP contribution in [0.5, 0.6) is 5.75 Å². The molecule has 35 heavy (non-hydrogen) atoms. The van der Waals surface area contributed by atoms with Crippen LogP contribution in [0.4, 0.5) is 5.69 Å². The Balaban J connectivity index is 1.77. The maximum Gasteiger partial charge on any atom is 0.203 e. The number of rotatable bonds is 8. The van der Waals surface area contributed by atoms with Crippen molar-refractivity contribution in [2.45, 2.75) is 32.9 Å². The van der Waals surface area contributed by atoms with Crippen LogP contribution in [0.15, 0.2) is 66.7 Å². The SMILES string of the molecule is CC(C)c1cc(C(=O)Cn2c(=N)n(Cc3ccccc3)c3ccccc32)cc(N(C)S(C)=O)c1O. The zero-order chi connectivity index (χ0) is 25.3. The Morgan fingerprint density at radius 1 is 1.03 bits per heavy atom. The highest BCUT2D eigenvalue weighted by Crippen LogP contribution is 2.37. The Labute approximate surface area is 207 Å². The van der Waals surface area contributed by atoms with Crippen molar-refractivity contribution in [1.29, 1.82) is 5.41 Å². The molecule has 0 saturated heterocycles. The molecular weight excluding hydrogens is 460 g/mol. The number of para-hydroxylation sites is 2. The Hall–Kier alpha value is -3.65. The number of hydrogen-bond acceptors (Lipinski definition) is 4. The molecule has 0 aliphatic carbocycles.